The van der Waals surface area contributed by atoms with Crippen LogP contribution in [0.15, 0.2) is 36.5 Å². The Balaban J connectivity index is 1.40. The average molecular weight is 365 g/mol. The summed E-state index contributed by atoms with van der Waals surface area (Å²) in [5, 5.41) is 2.95. The Labute approximate surface area is 160 Å². The summed E-state index contributed by atoms with van der Waals surface area (Å²) in [6.45, 7) is 6.45. The summed E-state index contributed by atoms with van der Waals surface area (Å²) >= 11 is 0. The topological polar surface area (TPSA) is 61.4 Å². The molecule has 142 valence electrons. The molecule has 0 atom stereocenters. The molecule has 2 aliphatic rings. The third-order valence-electron chi connectivity index (χ3n) is 5.54. The summed E-state index contributed by atoms with van der Waals surface area (Å²) in [5.41, 5.74) is 2.41. The Hall–Kier alpha value is -2.63. The molecule has 0 aliphatic carbocycles. The van der Waals surface area contributed by atoms with Crippen LogP contribution >= 0.6 is 0 Å². The first-order chi connectivity index (χ1) is 13.2. The van der Waals surface area contributed by atoms with Gasteiger partial charge in [0.1, 0.15) is 5.69 Å². The lowest BCUT2D eigenvalue weighted by Gasteiger charge is -2.32. The van der Waals surface area contributed by atoms with E-state index < -0.39 is 0 Å². The maximum atomic E-state index is 12.6. The van der Waals surface area contributed by atoms with Crippen molar-refractivity contribution in [3.8, 4) is 0 Å². The normalized spacial score (nSPS) is 18.0. The predicted octanol–water partition coefficient (Wildman–Crippen LogP) is 3.57. The lowest BCUT2D eigenvalue weighted by atomic mass is 9.99. The number of carbonyl (C=O) groups is 1. The van der Waals surface area contributed by atoms with E-state index in [1.165, 1.54) is 18.5 Å². The minimum absolute atomic E-state index is 0.197. The number of nitrogens with one attached hydrogen (secondary N) is 1. The van der Waals surface area contributed by atoms with E-state index in [0.717, 1.165) is 50.6 Å². The highest BCUT2D eigenvalue weighted by atomic mass is 16.1. The Morgan fingerprint density at radius 3 is 2.41 bits per heavy atom. The molecule has 0 radical (unpaired) electrons. The summed E-state index contributed by atoms with van der Waals surface area (Å²) in [4.78, 5) is 25.9. The van der Waals surface area contributed by atoms with Crippen molar-refractivity contribution in [1.82, 2.24) is 9.97 Å². The third kappa shape index (κ3) is 4.21. The van der Waals surface area contributed by atoms with Gasteiger partial charge in [-0.2, -0.15) is 0 Å². The third-order valence-corrected chi connectivity index (χ3v) is 5.54. The van der Waals surface area contributed by atoms with Crippen LogP contribution in [0, 0.1) is 5.92 Å². The van der Waals surface area contributed by atoms with Crippen molar-refractivity contribution in [2.45, 2.75) is 32.6 Å². The van der Waals surface area contributed by atoms with Crippen LogP contribution in [0.5, 0.6) is 0 Å². The van der Waals surface area contributed by atoms with Gasteiger partial charge in [0, 0.05) is 43.8 Å². The molecule has 2 saturated heterocycles. The molecule has 6 nitrogen and oxygen atoms in total. The predicted molar refractivity (Wildman–Crippen MR) is 108 cm³/mol. The van der Waals surface area contributed by atoms with Gasteiger partial charge in [0.2, 0.25) is 5.95 Å². The molecule has 2 aromatic rings. The molecular formula is C21H27N5O. The van der Waals surface area contributed by atoms with E-state index in [4.69, 9.17) is 0 Å². The van der Waals surface area contributed by atoms with Crippen LogP contribution in [0.1, 0.15) is 43.1 Å². The van der Waals surface area contributed by atoms with Crippen LogP contribution in [0.25, 0.3) is 0 Å². The van der Waals surface area contributed by atoms with Crippen LogP contribution in [0.4, 0.5) is 17.3 Å². The molecule has 4 rings (SSSR count). The zero-order valence-corrected chi connectivity index (χ0v) is 15.9. The summed E-state index contributed by atoms with van der Waals surface area (Å²) in [5.74, 6) is 1.27. The number of hydrogen-bond acceptors (Lipinski definition) is 5. The SMILES string of the molecule is CC1CCN(c2ccc(NC(=O)c3ccnc(N4CCCC4)n3)cc2)CC1. The quantitative estimate of drug-likeness (QED) is 0.898. The Morgan fingerprint density at radius 1 is 1.00 bits per heavy atom. The summed E-state index contributed by atoms with van der Waals surface area (Å²) < 4.78 is 0. The number of piperidine rings is 1. The van der Waals surface area contributed by atoms with E-state index in [1.54, 1.807) is 12.3 Å². The average Bonchev–Trinajstić information content (AvgIpc) is 3.24. The van der Waals surface area contributed by atoms with Crippen LogP contribution in [-0.4, -0.2) is 42.1 Å². The van der Waals surface area contributed by atoms with Crippen LogP contribution in [0.2, 0.25) is 0 Å². The van der Waals surface area contributed by atoms with Crippen molar-refractivity contribution >= 4 is 23.2 Å². The Bertz CT molecular complexity index is 777. The molecule has 3 heterocycles. The zero-order chi connectivity index (χ0) is 18.6. The molecule has 2 fully saturated rings. The highest BCUT2D eigenvalue weighted by Crippen LogP contribution is 2.24. The van der Waals surface area contributed by atoms with Gasteiger partial charge in [-0.1, -0.05) is 6.92 Å². The first-order valence-corrected chi connectivity index (χ1v) is 9.93. The summed E-state index contributed by atoms with van der Waals surface area (Å²) in [6.07, 6.45) is 6.46. The molecular weight excluding hydrogens is 338 g/mol. The minimum atomic E-state index is -0.197. The van der Waals surface area contributed by atoms with E-state index in [9.17, 15) is 4.79 Å². The molecule has 1 amide bonds. The molecule has 1 N–H and O–H groups in total. The van der Waals surface area contributed by atoms with Crippen LogP contribution < -0.4 is 15.1 Å². The molecule has 6 heteroatoms. The smallest absolute Gasteiger partial charge is 0.274 e. The van der Waals surface area contributed by atoms with Crippen molar-refractivity contribution in [2.24, 2.45) is 5.92 Å². The molecule has 2 aliphatic heterocycles. The summed E-state index contributed by atoms with van der Waals surface area (Å²) in [7, 11) is 0. The van der Waals surface area contributed by atoms with Crippen molar-refractivity contribution in [2.75, 3.05) is 41.3 Å². The number of carbonyl (C=O) groups excluding carboxylic acids is 1. The van der Waals surface area contributed by atoms with E-state index in [0.29, 0.717) is 11.6 Å². The van der Waals surface area contributed by atoms with Gasteiger partial charge < -0.3 is 15.1 Å². The number of aromatic nitrogens is 2. The van der Waals surface area contributed by atoms with Gasteiger partial charge in [-0.15, -0.1) is 0 Å². The molecule has 1 aromatic heterocycles. The summed E-state index contributed by atoms with van der Waals surface area (Å²) in [6, 6.07) is 9.77. The lowest BCUT2D eigenvalue weighted by molar-refractivity contribution is 0.102. The van der Waals surface area contributed by atoms with Gasteiger partial charge in [0.15, 0.2) is 0 Å². The fourth-order valence-electron chi connectivity index (χ4n) is 3.76. The molecule has 0 unspecified atom stereocenters. The second-order valence-corrected chi connectivity index (χ2v) is 7.61. The lowest BCUT2D eigenvalue weighted by Crippen LogP contribution is -2.32. The Morgan fingerprint density at radius 2 is 1.70 bits per heavy atom. The number of amides is 1. The second-order valence-electron chi connectivity index (χ2n) is 7.61. The first kappa shape index (κ1) is 17.8. The Kier molecular flexibility index (Phi) is 5.23. The van der Waals surface area contributed by atoms with E-state index in [1.807, 2.05) is 12.1 Å². The maximum Gasteiger partial charge on any atom is 0.274 e. The number of hydrogen-bond donors (Lipinski definition) is 1. The second kappa shape index (κ2) is 7.94. The molecule has 0 saturated carbocycles. The fraction of sp³-hybridized carbons (Fsp3) is 0.476. The highest BCUT2D eigenvalue weighted by Gasteiger charge is 2.18. The van der Waals surface area contributed by atoms with Crippen molar-refractivity contribution < 1.29 is 4.79 Å². The van der Waals surface area contributed by atoms with E-state index in [2.05, 4.69) is 44.1 Å². The maximum absolute atomic E-state index is 12.6. The minimum Gasteiger partial charge on any atom is -0.372 e. The van der Waals surface area contributed by atoms with Gasteiger partial charge in [0.05, 0.1) is 0 Å². The van der Waals surface area contributed by atoms with Gasteiger partial charge in [-0.05, 0) is 61.9 Å². The number of nitrogens with zero attached hydrogens (tertiary/aromatic N) is 4. The fourth-order valence-corrected chi connectivity index (χ4v) is 3.76. The zero-order valence-electron chi connectivity index (χ0n) is 15.9. The van der Waals surface area contributed by atoms with Crippen molar-refractivity contribution in [3.05, 3.63) is 42.2 Å². The monoisotopic (exact) mass is 365 g/mol. The van der Waals surface area contributed by atoms with Crippen LogP contribution in [-0.2, 0) is 0 Å². The van der Waals surface area contributed by atoms with Gasteiger partial charge in [0.25, 0.3) is 5.91 Å². The van der Waals surface area contributed by atoms with E-state index in [-0.39, 0.29) is 5.91 Å². The largest absolute Gasteiger partial charge is 0.372 e. The van der Waals surface area contributed by atoms with Crippen molar-refractivity contribution in [3.63, 3.8) is 0 Å². The molecule has 1 aromatic carbocycles. The van der Waals surface area contributed by atoms with Gasteiger partial charge >= 0.3 is 0 Å². The van der Waals surface area contributed by atoms with Crippen LogP contribution in [0.3, 0.4) is 0 Å². The van der Waals surface area contributed by atoms with E-state index >= 15 is 0 Å². The molecule has 0 bridgehead atoms. The highest BCUT2D eigenvalue weighted by molar-refractivity contribution is 6.03. The number of anilines is 3. The molecule has 27 heavy (non-hydrogen) atoms. The van der Waals surface area contributed by atoms with Gasteiger partial charge in [-0.25, -0.2) is 9.97 Å². The first-order valence-electron chi connectivity index (χ1n) is 9.93. The molecule has 0 spiro atoms. The standard InChI is InChI=1S/C21H27N5O/c1-16-9-14-25(15-10-16)18-6-4-17(5-7-18)23-20(27)19-8-11-22-21(24-19)26-12-2-3-13-26/h4-8,11,16H,2-3,9-10,12-15H2,1H3,(H,23,27). The van der Waals surface area contributed by atoms with Crippen molar-refractivity contribution in [1.29, 1.82) is 0 Å². The van der Waals surface area contributed by atoms with Gasteiger partial charge in [-0.3, -0.25) is 4.79 Å². The number of benzene rings is 1. The number of rotatable bonds is 4.